The van der Waals surface area contributed by atoms with Crippen molar-refractivity contribution in [1.82, 2.24) is 4.31 Å². The molecule has 1 aromatic heterocycles. The first-order valence-corrected chi connectivity index (χ1v) is 9.58. The highest BCUT2D eigenvalue weighted by molar-refractivity contribution is 7.89. The fourth-order valence-corrected chi connectivity index (χ4v) is 4.97. The van der Waals surface area contributed by atoms with Gasteiger partial charge in [-0.1, -0.05) is 0 Å². The van der Waals surface area contributed by atoms with E-state index in [9.17, 15) is 8.42 Å². The zero-order valence-electron chi connectivity index (χ0n) is 12.3. The van der Waals surface area contributed by atoms with Crippen LogP contribution in [-0.2, 0) is 14.8 Å². The first kappa shape index (κ1) is 15.9. The van der Waals surface area contributed by atoms with E-state index in [1.165, 1.54) is 5.56 Å². The number of rotatable bonds is 6. The van der Waals surface area contributed by atoms with E-state index < -0.39 is 10.0 Å². The van der Waals surface area contributed by atoms with Gasteiger partial charge in [0.05, 0.1) is 18.5 Å². The van der Waals surface area contributed by atoms with Crippen LogP contribution in [-0.4, -0.2) is 43.8 Å². The lowest BCUT2D eigenvalue weighted by atomic mass is 10.00. The molecule has 0 saturated carbocycles. The van der Waals surface area contributed by atoms with Crippen molar-refractivity contribution in [2.45, 2.75) is 45.3 Å². The van der Waals surface area contributed by atoms with Gasteiger partial charge < -0.3 is 4.74 Å². The summed E-state index contributed by atoms with van der Waals surface area (Å²) in [5.74, 6) is 0.406. The molecular weight excluding hydrogens is 294 g/mol. The molecule has 0 bridgehead atoms. The smallest absolute Gasteiger partial charge is 0.216 e. The van der Waals surface area contributed by atoms with Crippen molar-refractivity contribution in [1.29, 1.82) is 0 Å². The Labute approximate surface area is 125 Å². The van der Waals surface area contributed by atoms with Gasteiger partial charge in [0.2, 0.25) is 10.0 Å². The number of ether oxygens (including phenoxy) is 1. The Balaban J connectivity index is 1.98. The van der Waals surface area contributed by atoms with Crippen molar-refractivity contribution in [3.05, 3.63) is 22.4 Å². The molecule has 2 heterocycles. The van der Waals surface area contributed by atoms with Crippen molar-refractivity contribution in [3.63, 3.8) is 0 Å². The largest absolute Gasteiger partial charge is 0.378 e. The van der Waals surface area contributed by atoms with Gasteiger partial charge in [-0.25, -0.2) is 8.42 Å². The molecule has 0 radical (unpaired) electrons. The summed E-state index contributed by atoms with van der Waals surface area (Å²) in [5.41, 5.74) is 1.26. The summed E-state index contributed by atoms with van der Waals surface area (Å²) in [7, 11) is -3.22. The molecule has 4 nitrogen and oxygen atoms in total. The first-order chi connectivity index (χ1) is 9.40. The number of hydrogen-bond acceptors (Lipinski definition) is 4. The highest BCUT2D eigenvalue weighted by Gasteiger charge is 2.37. The van der Waals surface area contributed by atoms with Crippen LogP contribution in [0, 0.1) is 0 Å². The van der Waals surface area contributed by atoms with Gasteiger partial charge in [0.15, 0.2) is 0 Å². The molecular formula is C14H23NO3S2. The maximum Gasteiger partial charge on any atom is 0.216 e. The maximum absolute atomic E-state index is 12.4. The predicted molar refractivity (Wildman–Crippen MR) is 82.7 cm³/mol. The lowest BCUT2D eigenvalue weighted by Gasteiger charge is -2.21. The molecule has 0 unspecified atom stereocenters. The molecule has 0 N–H and O–H groups in total. The molecule has 20 heavy (non-hydrogen) atoms. The third-order valence-corrected chi connectivity index (χ3v) is 6.29. The predicted octanol–water partition coefficient (Wildman–Crippen LogP) is 2.68. The lowest BCUT2D eigenvalue weighted by Crippen LogP contribution is -2.37. The summed E-state index contributed by atoms with van der Waals surface area (Å²) >= 11 is 1.67. The summed E-state index contributed by atoms with van der Waals surface area (Å²) in [6.45, 7) is 6.69. The van der Waals surface area contributed by atoms with E-state index in [1.54, 1.807) is 15.6 Å². The van der Waals surface area contributed by atoms with Crippen molar-refractivity contribution >= 4 is 21.4 Å². The quantitative estimate of drug-likeness (QED) is 0.810. The SMILES string of the molecule is CC(C)OCCS(=O)(=O)N1C[C@@H](c2ccsc2)C[C@H]1C. The second kappa shape index (κ2) is 6.56. The average Bonchev–Trinajstić information content (AvgIpc) is 2.96. The standard InChI is InChI=1S/C14H23NO3S2/c1-11(2)18-5-7-20(16,17)15-9-14(8-12(15)3)13-4-6-19-10-13/h4,6,10-12,14H,5,7-9H2,1-3H3/t12-,14+/m1/s1. The van der Waals surface area contributed by atoms with Crippen molar-refractivity contribution in [2.75, 3.05) is 18.9 Å². The summed E-state index contributed by atoms with van der Waals surface area (Å²) in [4.78, 5) is 0. The van der Waals surface area contributed by atoms with Crippen LogP contribution in [0.4, 0.5) is 0 Å². The third kappa shape index (κ3) is 3.81. The summed E-state index contributed by atoms with van der Waals surface area (Å²) in [6.07, 6.45) is 0.973. The van der Waals surface area contributed by atoms with Crippen molar-refractivity contribution in [3.8, 4) is 0 Å². The minimum atomic E-state index is -3.22. The van der Waals surface area contributed by atoms with Crippen LogP contribution in [0.15, 0.2) is 16.8 Å². The normalized spacial score (nSPS) is 24.6. The number of nitrogens with zero attached hydrogens (tertiary/aromatic N) is 1. The molecule has 0 spiro atoms. The lowest BCUT2D eigenvalue weighted by molar-refractivity contribution is 0.0906. The minimum Gasteiger partial charge on any atom is -0.378 e. The van der Waals surface area contributed by atoms with Crippen molar-refractivity contribution < 1.29 is 13.2 Å². The van der Waals surface area contributed by atoms with Gasteiger partial charge in [-0.3, -0.25) is 0 Å². The van der Waals surface area contributed by atoms with E-state index in [0.29, 0.717) is 12.5 Å². The van der Waals surface area contributed by atoms with Crippen LogP contribution in [0.3, 0.4) is 0 Å². The number of hydrogen-bond donors (Lipinski definition) is 0. The second-order valence-corrected chi connectivity index (χ2v) is 8.46. The molecule has 1 aromatic rings. The zero-order valence-corrected chi connectivity index (χ0v) is 13.9. The average molecular weight is 317 g/mol. The number of sulfonamides is 1. The van der Waals surface area contributed by atoms with Crippen LogP contribution in [0.5, 0.6) is 0 Å². The topological polar surface area (TPSA) is 46.6 Å². The van der Waals surface area contributed by atoms with Gasteiger partial charge >= 0.3 is 0 Å². The highest BCUT2D eigenvalue weighted by atomic mass is 32.2. The highest BCUT2D eigenvalue weighted by Crippen LogP contribution is 2.34. The van der Waals surface area contributed by atoms with Gasteiger partial charge in [-0.15, -0.1) is 0 Å². The third-order valence-electron chi connectivity index (χ3n) is 3.68. The maximum atomic E-state index is 12.4. The molecule has 1 aliphatic heterocycles. The Bertz CT molecular complexity index is 511. The fraction of sp³-hybridized carbons (Fsp3) is 0.714. The summed E-state index contributed by atoms with van der Waals surface area (Å²) < 4.78 is 31.8. The van der Waals surface area contributed by atoms with E-state index in [1.807, 2.05) is 26.2 Å². The molecule has 1 aliphatic rings. The van der Waals surface area contributed by atoms with E-state index >= 15 is 0 Å². The Hall–Kier alpha value is -0.430. The molecule has 0 aliphatic carbocycles. The van der Waals surface area contributed by atoms with Crippen LogP contribution in [0.1, 0.15) is 38.7 Å². The molecule has 1 saturated heterocycles. The molecule has 6 heteroatoms. The van der Waals surface area contributed by atoms with E-state index in [2.05, 4.69) is 11.4 Å². The number of thiophene rings is 1. The minimum absolute atomic E-state index is 0.0692. The van der Waals surface area contributed by atoms with Gasteiger partial charge in [0, 0.05) is 18.5 Å². The van der Waals surface area contributed by atoms with Crippen LogP contribution >= 0.6 is 11.3 Å². The summed E-state index contributed by atoms with van der Waals surface area (Å²) in [5, 5.41) is 4.17. The Kier molecular flexibility index (Phi) is 5.23. The summed E-state index contributed by atoms with van der Waals surface area (Å²) in [6, 6.07) is 2.17. The zero-order chi connectivity index (χ0) is 14.8. The fourth-order valence-electron chi connectivity index (χ4n) is 2.64. The van der Waals surface area contributed by atoms with Crippen LogP contribution in [0.25, 0.3) is 0 Å². The van der Waals surface area contributed by atoms with Gasteiger partial charge in [-0.2, -0.15) is 15.6 Å². The van der Waals surface area contributed by atoms with Gasteiger partial charge in [0.25, 0.3) is 0 Å². The van der Waals surface area contributed by atoms with E-state index in [4.69, 9.17) is 4.74 Å². The van der Waals surface area contributed by atoms with Gasteiger partial charge in [0.1, 0.15) is 0 Å². The van der Waals surface area contributed by atoms with Gasteiger partial charge in [-0.05, 0) is 49.6 Å². The monoisotopic (exact) mass is 317 g/mol. The van der Waals surface area contributed by atoms with Crippen molar-refractivity contribution in [2.24, 2.45) is 0 Å². The molecule has 114 valence electrons. The molecule has 2 atom stereocenters. The van der Waals surface area contributed by atoms with E-state index in [-0.39, 0.29) is 24.5 Å². The van der Waals surface area contributed by atoms with E-state index in [0.717, 1.165) is 6.42 Å². The first-order valence-electron chi connectivity index (χ1n) is 7.03. The molecule has 2 rings (SSSR count). The van der Waals surface area contributed by atoms with Crippen LogP contribution in [0.2, 0.25) is 0 Å². The Morgan fingerprint density at radius 3 is 2.85 bits per heavy atom. The molecule has 0 amide bonds. The molecule has 0 aromatic carbocycles. The van der Waals surface area contributed by atoms with Crippen LogP contribution < -0.4 is 0 Å². The Morgan fingerprint density at radius 1 is 1.50 bits per heavy atom. The Morgan fingerprint density at radius 2 is 2.25 bits per heavy atom. The molecule has 1 fully saturated rings. The second-order valence-electron chi connectivity index (χ2n) is 5.64.